The predicted octanol–water partition coefficient (Wildman–Crippen LogP) is 9.60. The highest BCUT2D eigenvalue weighted by Crippen LogP contribution is 2.67. The molecule has 2 aliphatic rings. The lowest BCUT2D eigenvalue weighted by molar-refractivity contribution is -0.178. The lowest BCUT2D eigenvalue weighted by Crippen LogP contribution is -2.70. The van der Waals surface area contributed by atoms with Gasteiger partial charge >= 0.3 is 0 Å². The zero-order valence-corrected chi connectivity index (χ0v) is 31.7. The first kappa shape index (κ1) is 40.5. The number of carbonyl (C=O) groups is 3. The van der Waals surface area contributed by atoms with Gasteiger partial charge in [0.05, 0.1) is 11.0 Å². The molecule has 0 aliphatic heterocycles. The van der Waals surface area contributed by atoms with Crippen LogP contribution < -0.4 is 0 Å². The number of phenols is 2. The molecule has 2 fully saturated rings. The van der Waals surface area contributed by atoms with Gasteiger partial charge in [-0.15, -0.1) is 0 Å². The van der Waals surface area contributed by atoms with Crippen molar-refractivity contribution >= 4 is 23.1 Å². The molecule has 7 nitrogen and oxygen atoms in total. The second-order valence-electron chi connectivity index (χ2n) is 16.1. The highest BCUT2D eigenvalue weighted by Gasteiger charge is 2.74. The van der Waals surface area contributed by atoms with Crippen molar-refractivity contribution in [2.24, 2.45) is 22.2 Å². The number of aromatic hydroxyl groups is 2. The molecule has 4 N–H and O–H groups in total. The molecule has 2 bridgehead atoms. The number of ketones is 3. The van der Waals surface area contributed by atoms with Crippen LogP contribution in [0, 0.1) is 22.2 Å². The number of carbonyl (C=O) groups excluding carboxylic acids is 3. The van der Waals surface area contributed by atoms with Crippen LogP contribution in [0.5, 0.6) is 11.5 Å². The molecule has 1 aromatic carbocycles. The largest absolute Gasteiger partial charge is 0.506 e. The number of benzene rings is 1. The fourth-order valence-electron chi connectivity index (χ4n) is 7.70. The molecule has 4 atom stereocenters. The van der Waals surface area contributed by atoms with Crippen LogP contribution in [0.1, 0.15) is 120 Å². The maximum absolute atomic E-state index is 15.4. The van der Waals surface area contributed by atoms with Gasteiger partial charge < -0.3 is 20.4 Å². The number of fused-ring (bicyclic) bond motifs is 2. The van der Waals surface area contributed by atoms with Crippen LogP contribution in [-0.2, 0) is 14.4 Å². The average Bonchev–Trinajstić information content (AvgIpc) is 3.00. The zero-order chi connectivity index (χ0) is 37.8. The van der Waals surface area contributed by atoms with E-state index in [4.69, 9.17) is 0 Å². The highest BCUT2D eigenvalue weighted by atomic mass is 16.3. The first-order chi connectivity index (χ1) is 23.1. The molecule has 0 heterocycles. The topological polar surface area (TPSA) is 132 Å². The van der Waals surface area contributed by atoms with Crippen molar-refractivity contribution in [2.75, 3.05) is 0 Å². The van der Waals surface area contributed by atoms with E-state index >= 15 is 9.59 Å². The fraction of sp³-hybridized carbons (Fsp3) is 0.512. The van der Waals surface area contributed by atoms with Crippen molar-refractivity contribution in [1.82, 2.24) is 0 Å². The monoisotopic (exact) mass is 686 g/mol. The molecule has 0 unspecified atom stereocenters. The summed E-state index contributed by atoms with van der Waals surface area (Å²) in [6.45, 7) is 19.1. The number of rotatable bonds is 13. The second kappa shape index (κ2) is 15.5. The minimum atomic E-state index is -1.67. The third-order valence-electron chi connectivity index (χ3n) is 10.7. The summed E-state index contributed by atoms with van der Waals surface area (Å²) in [5.74, 6) is -3.55. The smallest absolute Gasteiger partial charge is 0.184 e. The first-order valence-electron chi connectivity index (χ1n) is 17.7. The number of phenolic OH excluding ortho intramolecular Hbond substituents is 2. The van der Waals surface area contributed by atoms with Crippen LogP contribution >= 0.6 is 0 Å². The van der Waals surface area contributed by atoms with Gasteiger partial charge in [0.15, 0.2) is 28.8 Å². The summed E-state index contributed by atoms with van der Waals surface area (Å²) in [5.41, 5.74) is -1.52. The van der Waals surface area contributed by atoms with E-state index in [1.807, 2.05) is 73.6 Å². The second-order valence-corrected chi connectivity index (χ2v) is 16.1. The van der Waals surface area contributed by atoms with Gasteiger partial charge in [0.1, 0.15) is 16.7 Å². The summed E-state index contributed by atoms with van der Waals surface area (Å²) >= 11 is 0. The Balaban J connectivity index is 2.43. The Morgan fingerprint density at radius 3 is 2.02 bits per heavy atom. The first-order valence-corrected chi connectivity index (χ1v) is 17.7. The van der Waals surface area contributed by atoms with E-state index in [0.29, 0.717) is 25.7 Å². The van der Waals surface area contributed by atoms with E-state index in [9.17, 15) is 25.2 Å². The quantitative estimate of drug-likeness (QED) is 0.0406. The third kappa shape index (κ3) is 8.15. The average molecular weight is 687 g/mol. The number of aliphatic hydroxyl groups is 2. The molecule has 0 amide bonds. The summed E-state index contributed by atoms with van der Waals surface area (Å²) < 4.78 is 0. The number of aliphatic hydroxyl groups excluding tert-OH is 1. The Labute approximate surface area is 298 Å². The standard InChI is InChI=1S/C43H58O7/c1-27(2)13-11-22-41(10)32(17-15-30(7)14-12-21-40(8,9)50)26-42(23-19-28(3)4)37(47)35(36(46)31-16-18-33(44)34(45)25-31)38(48)43(41,39(42)49)24-20-29(5)6/h12-13,15-16,18-21,25,32,44-46,50H,11,14,17,22-24,26H2,1-10H3/b21-12+,30-15+,36-35?/t32-,41+,42+,43-/m1/s1. The van der Waals surface area contributed by atoms with Crippen molar-refractivity contribution in [3.63, 3.8) is 0 Å². The number of Topliss-reactive ketones (excluding diaryl/α,β-unsaturated/α-hetero) is 3. The Morgan fingerprint density at radius 2 is 1.46 bits per heavy atom. The molecular weight excluding hydrogens is 628 g/mol. The van der Waals surface area contributed by atoms with Gasteiger partial charge in [0, 0.05) is 5.56 Å². The van der Waals surface area contributed by atoms with E-state index in [0.717, 1.165) is 28.4 Å². The number of hydrogen-bond donors (Lipinski definition) is 4. The van der Waals surface area contributed by atoms with Crippen LogP contribution in [0.3, 0.4) is 0 Å². The highest BCUT2D eigenvalue weighted by molar-refractivity contribution is 6.41. The van der Waals surface area contributed by atoms with Crippen molar-refractivity contribution < 1.29 is 34.8 Å². The molecule has 272 valence electrons. The lowest BCUT2D eigenvalue weighted by atomic mass is 9.37. The van der Waals surface area contributed by atoms with Gasteiger partial charge in [-0.3, -0.25) is 14.4 Å². The fourth-order valence-corrected chi connectivity index (χ4v) is 7.70. The van der Waals surface area contributed by atoms with Crippen molar-refractivity contribution in [1.29, 1.82) is 0 Å². The third-order valence-corrected chi connectivity index (χ3v) is 10.7. The van der Waals surface area contributed by atoms with Crippen LogP contribution in [0.25, 0.3) is 5.76 Å². The van der Waals surface area contributed by atoms with Crippen LogP contribution in [0.2, 0.25) is 0 Å². The Bertz CT molecular complexity index is 1680. The predicted molar refractivity (Wildman–Crippen MR) is 201 cm³/mol. The molecular formula is C43H58O7. The maximum Gasteiger partial charge on any atom is 0.184 e. The van der Waals surface area contributed by atoms with Gasteiger partial charge in [-0.1, -0.05) is 65.7 Å². The van der Waals surface area contributed by atoms with Crippen molar-refractivity contribution in [2.45, 2.75) is 120 Å². The zero-order valence-electron chi connectivity index (χ0n) is 31.7. The van der Waals surface area contributed by atoms with Crippen LogP contribution in [0.15, 0.2) is 82.5 Å². The van der Waals surface area contributed by atoms with E-state index in [1.54, 1.807) is 19.9 Å². The van der Waals surface area contributed by atoms with E-state index in [-0.39, 0.29) is 36.5 Å². The molecule has 2 aliphatic carbocycles. The maximum atomic E-state index is 15.4. The minimum absolute atomic E-state index is 0.000357. The molecule has 3 rings (SSSR count). The van der Waals surface area contributed by atoms with Gasteiger partial charge in [-0.05, 0) is 137 Å². The molecule has 0 aromatic heterocycles. The summed E-state index contributed by atoms with van der Waals surface area (Å²) in [6.07, 6.45) is 14.4. The van der Waals surface area contributed by atoms with E-state index in [1.165, 1.54) is 12.1 Å². The summed E-state index contributed by atoms with van der Waals surface area (Å²) in [5, 5.41) is 42.2. The molecule has 0 spiro atoms. The Morgan fingerprint density at radius 1 is 0.860 bits per heavy atom. The van der Waals surface area contributed by atoms with Crippen LogP contribution in [0.4, 0.5) is 0 Å². The summed E-state index contributed by atoms with van der Waals surface area (Å²) in [4.78, 5) is 45.6. The summed E-state index contributed by atoms with van der Waals surface area (Å²) in [6, 6.07) is 3.65. The minimum Gasteiger partial charge on any atom is -0.506 e. The van der Waals surface area contributed by atoms with Crippen LogP contribution in [-0.4, -0.2) is 43.4 Å². The summed E-state index contributed by atoms with van der Waals surface area (Å²) in [7, 11) is 0. The number of allylic oxidation sites excluding steroid dienone is 10. The molecule has 1 aromatic rings. The number of hydrogen-bond acceptors (Lipinski definition) is 7. The van der Waals surface area contributed by atoms with E-state index < -0.39 is 56.2 Å². The molecule has 7 heteroatoms. The van der Waals surface area contributed by atoms with Gasteiger partial charge in [-0.25, -0.2) is 0 Å². The molecule has 50 heavy (non-hydrogen) atoms. The van der Waals surface area contributed by atoms with E-state index in [2.05, 4.69) is 12.2 Å². The Hall–Kier alpha value is -3.97. The van der Waals surface area contributed by atoms with Gasteiger partial charge in [-0.2, -0.15) is 0 Å². The van der Waals surface area contributed by atoms with Gasteiger partial charge in [0.2, 0.25) is 0 Å². The molecule has 0 radical (unpaired) electrons. The molecule has 2 saturated carbocycles. The normalized spacial score (nSPS) is 26.6. The lowest BCUT2D eigenvalue weighted by Gasteiger charge is -2.61. The molecule has 0 saturated heterocycles. The Kier molecular flexibility index (Phi) is 12.5. The van der Waals surface area contributed by atoms with Gasteiger partial charge in [0.25, 0.3) is 0 Å². The van der Waals surface area contributed by atoms with Crippen molar-refractivity contribution in [3.8, 4) is 11.5 Å². The van der Waals surface area contributed by atoms with Crippen molar-refractivity contribution in [3.05, 3.63) is 88.1 Å². The SMILES string of the molecule is CC(C)=CCC[C@@]1(C)[C@H](C/C=C(\C)C/C=C/C(C)(C)O)C[C@@]2(CC=C(C)C)C(=O)C(=C(O)c3ccc(O)c(O)c3)C(=O)[C@]1(CC=C(C)C)C2=O.